The van der Waals surface area contributed by atoms with Crippen molar-refractivity contribution in [2.24, 2.45) is 0 Å². The number of allylic oxidation sites excluding steroid dienone is 1. The van der Waals surface area contributed by atoms with Crippen molar-refractivity contribution < 1.29 is 15.0 Å². The maximum Gasteiger partial charge on any atom is 0.303 e. The standard InChI is InChI=1S/C14H19NO3S2/c16-12(17)7-4-8-15-13(18)11(20-14(15)19)9-10-5-2-1-3-6-10/h9,18H,1-8H2,(H,16,17). The summed E-state index contributed by atoms with van der Waals surface area (Å²) in [6, 6.07) is 0. The largest absolute Gasteiger partial charge is 0.493 e. The molecule has 1 aliphatic carbocycles. The second kappa shape index (κ2) is 7.04. The van der Waals surface area contributed by atoms with Crippen molar-refractivity contribution in [1.82, 2.24) is 4.57 Å². The van der Waals surface area contributed by atoms with Gasteiger partial charge in [0, 0.05) is 13.0 Å². The summed E-state index contributed by atoms with van der Waals surface area (Å²) in [6.07, 6.45) is 8.55. The van der Waals surface area contributed by atoms with E-state index in [0.29, 0.717) is 16.9 Å². The van der Waals surface area contributed by atoms with Crippen LogP contribution in [-0.2, 0) is 11.3 Å². The molecule has 1 heterocycles. The minimum absolute atomic E-state index is 0.0908. The molecule has 0 radical (unpaired) electrons. The Bertz CT molecular complexity index is 563. The Hall–Kier alpha value is -1.14. The van der Waals surface area contributed by atoms with Gasteiger partial charge in [-0.15, -0.1) is 11.3 Å². The summed E-state index contributed by atoms with van der Waals surface area (Å²) in [5, 5.41) is 18.9. The van der Waals surface area contributed by atoms with Crippen molar-refractivity contribution in [3.8, 4) is 5.88 Å². The van der Waals surface area contributed by atoms with Crippen LogP contribution in [0.5, 0.6) is 5.88 Å². The normalized spacial score (nSPS) is 15.3. The van der Waals surface area contributed by atoms with Crippen LogP contribution in [0.15, 0.2) is 5.57 Å². The van der Waals surface area contributed by atoms with Gasteiger partial charge >= 0.3 is 5.97 Å². The number of aliphatic carboxylic acids is 1. The molecule has 4 nitrogen and oxygen atoms in total. The predicted octanol–water partition coefficient (Wildman–Crippen LogP) is 4.20. The summed E-state index contributed by atoms with van der Waals surface area (Å²) in [5.74, 6) is -0.640. The molecule has 0 spiro atoms. The molecule has 0 amide bonds. The van der Waals surface area contributed by atoms with Crippen LogP contribution in [0.2, 0.25) is 0 Å². The highest BCUT2D eigenvalue weighted by Gasteiger charge is 2.12. The quantitative estimate of drug-likeness (QED) is 0.800. The lowest BCUT2D eigenvalue weighted by molar-refractivity contribution is -0.137. The van der Waals surface area contributed by atoms with Crippen molar-refractivity contribution in [2.45, 2.75) is 51.5 Å². The van der Waals surface area contributed by atoms with E-state index in [1.54, 1.807) is 4.57 Å². The van der Waals surface area contributed by atoms with E-state index in [2.05, 4.69) is 6.08 Å². The van der Waals surface area contributed by atoms with Gasteiger partial charge in [0.25, 0.3) is 0 Å². The summed E-state index contributed by atoms with van der Waals surface area (Å²) >= 11 is 6.65. The zero-order valence-corrected chi connectivity index (χ0v) is 12.9. The molecule has 1 fully saturated rings. The summed E-state index contributed by atoms with van der Waals surface area (Å²) in [4.78, 5) is 11.3. The highest BCUT2D eigenvalue weighted by Crippen LogP contribution is 2.32. The first kappa shape index (κ1) is 15.3. The van der Waals surface area contributed by atoms with E-state index in [9.17, 15) is 9.90 Å². The first-order valence-electron chi connectivity index (χ1n) is 6.92. The van der Waals surface area contributed by atoms with Crippen LogP contribution < -0.4 is 0 Å². The molecule has 1 aromatic heterocycles. The zero-order valence-electron chi connectivity index (χ0n) is 11.3. The SMILES string of the molecule is O=C(O)CCCn1c(O)c(C=C2CCCCC2)sc1=S. The average molecular weight is 313 g/mol. The minimum atomic E-state index is -0.823. The third kappa shape index (κ3) is 3.93. The number of carboxylic acids is 1. The van der Waals surface area contributed by atoms with Gasteiger partial charge in [0.1, 0.15) is 0 Å². The number of aromatic hydroxyl groups is 1. The van der Waals surface area contributed by atoms with Gasteiger partial charge < -0.3 is 10.2 Å². The van der Waals surface area contributed by atoms with E-state index in [1.165, 1.54) is 36.2 Å². The fourth-order valence-electron chi connectivity index (χ4n) is 2.43. The summed E-state index contributed by atoms with van der Waals surface area (Å²) in [7, 11) is 0. The molecule has 0 aromatic carbocycles. The van der Waals surface area contributed by atoms with E-state index in [1.807, 2.05) is 0 Å². The molecular weight excluding hydrogens is 294 g/mol. The molecule has 0 saturated heterocycles. The van der Waals surface area contributed by atoms with Crippen molar-refractivity contribution >= 4 is 35.6 Å². The second-order valence-electron chi connectivity index (χ2n) is 5.07. The lowest BCUT2D eigenvalue weighted by Crippen LogP contribution is -2.01. The summed E-state index contributed by atoms with van der Waals surface area (Å²) < 4.78 is 2.24. The fourth-order valence-corrected chi connectivity index (χ4v) is 3.78. The monoisotopic (exact) mass is 313 g/mol. The lowest BCUT2D eigenvalue weighted by atomic mass is 9.94. The zero-order chi connectivity index (χ0) is 14.5. The van der Waals surface area contributed by atoms with Crippen LogP contribution in [-0.4, -0.2) is 20.7 Å². The molecule has 1 aromatic rings. The van der Waals surface area contributed by atoms with Crippen molar-refractivity contribution in [3.05, 3.63) is 14.4 Å². The number of carbonyl (C=O) groups is 1. The van der Waals surface area contributed by atoms with E-state index >= 15 is 0 Å². The van der Waals surface area contributed by atoms with Crippen LogP contribution in [0.4, 0.5) is 0 Å². The molecule has 0 bridgehead atoms. The van der Waals surface area contributed by atoms with Crippen LogP contribution in [0.25, 0.3) is 6.08 Å². The van der Waals surface area contributed by atoms with Gasteiger partial charge in [0.2, 0.25) is 5.88 Å². The molecule has 0 unspecified atom stereocenters. The Morgan fingerprint density at radius 1 is 1.35 bits per heavy atom. The molecule has 0 atom stereocenters. The van der Waals surface area contributed by atoms with Crippen LogP contribution in [0, 0.1) is 3.95 Å². The van der Waals surface area contributed by atoms with Crippen molar-refractivity contribution in [1.29, 1.82) is 0 Å². The minimum Gasteiger partial charge on any atom is -0.493 e. The van der Waals surface area contributed by atoms with Gasteiger partial charge in [0.15, 0.2) is 3.95 Å². The fraction of sp³-hybridized carbons (Fsp3) is 0.571. The lowest BCUT2D eigenvalue weighted by Gasteiger charge is -2.12. The van der Waals surface area contributed by atoms with Gasteiger partial charge in [-0.2, -0.15) is 0 Å². The summed E-state index contributed by atoms with van der Waals surface area (Å²) in [6.45, 7) is 0.455. The van der Waals surface area contributed by atoms with E-state index in [-0.39, 0.29) is 12.3 Å². The van der Waals surface area contributed by atoms with E-state index < -0.39 is 5.97 Å². The van der Waals surface area contributed by atoms with Gasteiger partial charge in [-0.05, 0) is 50.4 Å². The first-order valence-corrected chi connectivity index (χ1v) is 8.14. The molecule has 6 heteroatoms. The van der Waals surface area contributed by atoms with E-state index in [4.69, 9.17) is 17.3 Å². The maximum absolute atomic E-state index is 10.5. The molecule has 1 aliphatic rings. The molecule has 1 saturated carbocycles. The molecule has 0 aliphatic heterocycles. The maximum atomic E-state index is 10.5. The van der Waals surface area contributed by atoms with Gasteiger partial charge in [-0.1, -0.05) is 12.0 Å². The van der Waals surface area contributed by atoms with Crippen molar-refractivity contribution in [3.63, 3.8) is 0 Å². The Morgan fingerprint density at radius 3 is 2.70 bits per heavy atom. The topological polar surface area (TPSA) is 62.5 Å². The molecule has 110 valence electrons. The smallest absolute Gasteiger partial charge is 0.303 e. The molecule has 20 heavy (non-hydrogen) atoms. The number of rotatable bonds is 5. The number of hydrogen-bond acceptors (Lipinski definition) is 4. The third-order valence-electron chi connectivity index (χ3n) is 3.50. The Balaban J connectivity index is 2.11. The number of thiazole rings is 1. The van der Waals surface area contributed by atoms with Crippen LogP contribution >= 0.6 is 23.6 Å². The first-order chi connectivity index (χ1) is 9.58. The highest BCUT2D eigenvalue weighted by atomic mass is 32.1. The summed E-state index contributed by atoms with van der Waals surface area (Å²) in [5.41, 5.74) is 1.38. The van der Waals surface area contributed by atoms with Gasteiger partial charge in [0.05, 0.1) is 4.88 Å². The molecule has 2 rings (SSSR count). The van der Waals surface area contributed by atoms with Gasteiger partial charge in [-0.3, -0.25) is 9.36 Å². The molecular formula is C14H19NO3S2. The number of nitrogens with zero attached hydrogens (tertiary/aromatic N) is 1. The Labute approximate surface area is 127 Å². The second-order valence-corrected chi connectivity index (χ2v) is 6.74. The van der Waals surface area contributed by atoms with Crippen LogP contribution in [0.3, 0.4) is 0 Å². The number of aromatic nitrogens is 1. The van der Waals surface area contributed by atoms with Crippen molar-refractivity contribution in [2.75, 3.05) is 0 Å². The van der Waals surface area contributed by atoms with E-state index in [0.717, 1.165) is 17.7 Å². The average Bonchev–Trinajstić information content (AvgIpc) is 2.67. The molecule has 2 N–H and O–H groups in total. The number of carboxylic acid groups (broad SMARTS) is 1. The Kier molecular flexibility index (Phi) is 5.37. The predicted molar refractivity (Wildman–Crippen MR) is 82.7 cm³/mol. The van der Waals surface area contributed by atoms with Gasteiger partial charge in [-0.25, -0.2) is 0 Å². The van der Waals surface area contributed by atoms with Crippen LogP contribution in [0.1, 0.15) is 49.8 Å². The third-order valence-corrected chi connectivity index (χ3v) is 4.88. The highest BCUT2D eigenvalue weighted by molar-refractivity contribution is 7.73. The Morgan fingerprint density at radius 2 is 2.05 bits per heavy atom. The number of hydrogen-bond donors (Lipinski definition) is 2.